The van der Waals surface area contributed by atoms with Crippen LogP contribution in [0.2, 0.25) is 0 Å². The van der Waals surface area contributed by atoms with Crippen LogP contribution in [0.1, 0.15) is 20.3 Å². The summed E-state index contributed by atoms with van der Waals surface area (Å²) in [5.41, 5.74) is -4.72. The van der Waals surface area contributed by atoms with Gasteiger partial charge >= 0.3 is 5.69 Å². The second-order valence-electron chi connectivity index (χ2n) is 5.02. The number of H-pyrrole nitrogens is 1. The van der Waals surface area contributed by atoms with Crippen molar-refractivity contribution in [3.8, 4) is 0 Å². The van der Waals surface area contributed by atoms with Gasteiger partial charge in [0.2, 0.25) is 0 Å². The lowest BCUT2D eigenvalue weighted by atomic mass is 9.84. The van der Waals surface area contributed by atoms with Crippen LogP contribution in [-0.2, 0) is 10.5 Å². The van der Waals surface area contributed by atoms with Crippen LogP contribution in [0.25, 0.3) is 0 Å². The molecule has 1 fully saturated rings. The third-order valence-electron chi connectivity index (χ3n) is 4.03. The van der Waals surface area contributed by atoms with Crippen LogP contribution in [0.15, 0.2) is 21.9 Å². The molecule has 0 amide bonds. The number of aliphatic hydroxyl groups excluding tert-OH is 2. The Morgan fingerprint density at radius 2 is 2.15 bits per heavy atom. The molecule has 0 radical (unpaired) electrons. The minimum atomic E-state index is -1.78. The van der Waals surface area contributed by atoms with Gasteiger partial charge in [0.15, 0.2) is 5.72 Å². The summed E-state index contributed by atoms with van der Waals surface area (Å²) in [6.45, 7) is 2.55. The van der Waals surface area contributed by atoms with Crippen molar-refractivity contribution in [2.24, 2.45) is 0 Å². The molecule has 2 rings (SSSR count). The van der Waals surface area contributed by atoms with Crippen molar-refractivity contribution in [1.29, 1.82) is 0 Å². The number of aromatic nitrogens is 2. The lowest BCUT2D eigenvalue weighted by molar-refractivity contribution is -0.188. The van der Waals surface area contributed by atoms with Gasteiger partial charge in [-0.15, -0.1) is 0 Å². The molecule has 112 valence electrons. The standard InChI is InChI=1S/C12H18N2O6/c1-3-12(19)9(17)7(6-15)20-11(12,2)14-5-4-8(16)13-10(14)18/h4-5,7,9,15,17,19H,3,6H2,1-2H3,(H,13,16,18)/t7-,9-,11-,12-/m1/s1. The first-order valence-electron chi connectivity index (χ1n) is 6.31. The second-order valence-corrected chi connectivity index (χ2v) is 5.02. The van der Waals surface area contributed by atoms with E-state index in [2.05, 4.69) is 4.98 Å². The number of ether oxygens (including phenoxy) is 1. The predicted molar refractivity (Wildman–Crippen MR) is 68.2 cm³/mol. The number of rotatable bonds is 3. The lowest BCUT2D eigenvalue weighted by Crippen LogP contribution is -2.58. The van der Waals surface area contributed by atoms with Crippen LogP contribution >= 0.6 is 0 Å². The van der Waals surface area contributed by atoms with E-state index in [0.717, 1.165) is 10.6 Å². The van der Waals surface area contributed by atoms with Gasteiger partial charge in [-0.2, -0.15) is 0 Å². The number of hydrogen-bond donors (Lipinski definition) is 4. The highest BCUT2D eigenvalue weighted by atomic mass is 16.6. The number of nitrogens with one attached hydrogen (secondary N) is 1. The fraction of sp³-hybridized carbons (Fsp3) is 0.667. The van der Waals surface area contributed by atoms with Gasteiger partial charge in [0, 0.05) is 12.3 Å². The molecule has 1 aliphatic heterocycles. The van der Waals surface area contributed by atoms with E-state index in [9.17, 15) is 24.9 Å². The molecule has 0 saturated carbocycles. The van der Waals surface area contributed by atoms with Gasteiger partial charge in [-0.3, -0.25) is 14.3 Å². The molecule has 1 saturated heterocycles. The zero-order valence-corrected chi connectivity index (χ0v) is 11.2. The van der Waals surface area contributed by atoms with Crippen molar-refractivity contribution in [2.75, 3.05) is 6.61 Å². The summed E-state index contributed by atoms with van der Waals surface area (Å²) in [4.78, 5) is 25.1. The second kappa shape index (κ2) is 4.81. The molecule has 1 aromatic rings. The van der Waals surface area contributed by atoms with E-state index in [4.69, 9.17) is 4.74 Å². The molecular formula is C12H18N2O6. The van der Waals surface area contributed by atoms with E-state index in [0.29, 0.717) is 0 Å². The monoisotopic (exact) mass is 286 g/mol. The van der Waals surface area contributed by atoms with Gasteiger partial charge in [0.1, 0.15) is 17.8 Å². The average molecular weight is 286 g/mol. The fourth-order valence-corrected chi connectivity index (χ4v) is 2.74. The Morgan fingerprint density at radius 3 is 2.65 bits per heavy atom. The first-order chi connectivity index (χ1) is 9.30. The van der Waals surface area contributed by atoms with Gasteiger partial charge < -0.3 is 20.1 Å². The highest BCUT2D eigenvalue weighted by Gasteiger charge is 2.62. The lowest BCUT2D eigenvalue weighted by Gasteiger charge is -2.39. The van der Waals surface area contributed by atoms with Crippen molar-refractivity contribution < 1.29 is 20.1 Å². The molecule has 1 aromatic heterocycles. The molecule has 0 aliphatic carbocycles. The SMILES string of the molecule is CC[C@@]1(O)[C@H](O)[C@@H](CO)O[C@@]1(C)n1ccc(=O)[nH]c1=O. The minimum Gasteiger partial charge on any atom is -0.394 e. The molecule has 1 aliphatic rings. The largest absolute Gasteiger partial charge is 0.394 e. The Hall–Kier alpha value is -1.48. The van der Waals surface area contributed by atoms with Gasteiger partial charge in [-0.05, 0) is 13.3 Å². The maximum atomic E-state index is 11.9. The van der Waals surface area contributed by atoms with Crippen LogP contribution < -0.4 is 11.2 Å². The Morgan fingerprint density at radius 1 is 1.50 bits per heavy atom. The topological polar surface area (TPSA) is 125 Å². The van der Waals surface area contributed by atoms with E-state index >= 15 is 0 Å². The van der Waals surface area contributed by atoms with E-state index in [1.807, 2.05) is 0 Å². The number of hydrogen-bond acceptors (Lipinski definition) is 6. The molecule has 0 aromatic carbocycles. The van der Waals surface area contributed by atoms with E-state index < -0.39 is 41.4 Å². The van der Waals surface area contributed by atoms with Crippen LogP contribution in [0.5, 0.6) is 0 Å². The fourth-order valence-electron chi connectivity index (χ4n) is 2.74. The van der Waals surface area contributed by atoms with Gasteiger partial charge in [0.25, 0.3) is 5.56 Å². The van der Waals surface area contributed by atoms with E-state index in [1.54, 1.807) is 6.92 Å². The summed E-state index contributed by atoms with van der Waals surface area (Å²) in [6, 6.07) is 1.12. The molecule has 2 heterocycles. The first-order valence-corrected chi connectivity index (χ1v) is 6.31. The number of nitrogens with zero attached hydrogens (tertiary/aromatic N) is 1. The minimum absolute atomic E-state index is 0.0900. The molecule has 8 nitrogen and oxygen atoms in total. The molecule has 0 unspecified atom stereocenters. The van der Waals surface area contributed by atoms with Crippen LogP contribution in [0, 0.1) is 0 Å². The molecule has 4 atom stereocenters. The summed E-state index contributed by atoms with van der Waals surface area (Å²) >= 11 is 0. The van der Waals surface area contributed by atoms with Crippen molar-refractivity contribution in [3.63, 3.8) is 0 Å². The summed E-state index contributed by atoms with van der Waals surface area (Å²) in [5, 5.41) is 30.0. The van der Waals surface area contributed by atoms with Crippen molar-refractivity contribution >= 4 is 0 Å². The van der Waals surface area contributed by atoms with Crippen LogP contribution in [0.4, 0.5) is 0 Å². The number of aromatic amines is 1. The summed E-state index contributed by atoms with van der Waals surface area (Å²) in [6.07, 6.45) is -1.11. The predicted octanol–water partition coefficient (Wildman–Crippen LogP) is -1.90. The maximum Gasteiger partial charge on any atom is 0.330 e. The molecule has 4 N–H and O–H groups in total. The highest BCUT2D eigenvalue weighted by Crippen LogP contribution is 2.44. The Bertz CT molecular complexity index is 610. The Labute approximate surface area is 114 Å². The molecular weight excluding hydrogens is 268 g/mol. The number of aliphatic hydroxyl groups is 3. The molecule has 0 spiro atoms. The van der Waals surface area contributed by atoms with Crippen molar-refractivity contribution in [2.45, 2.75) is 43.8 Å². The smallest absolute Gasteiger partial charge is 0.330 e. The van der Waals surface area contributed by atoms with Crippen LogP contribution in [-0.4, -0.2) is 49.3 Å². The molecule has 20 heavy (non-hydrogen) atoms. The maximum absolute atomic E-state index is 11.9. The quantitative estimate of drug-likeness (QED) is 0.514. The zero-order valence-electron chi connectivity index (χ0n) is 11.2. The third kappa shape index (κ3) is 1.84. The van der Waals surface area contributed by atoms with Crippen molar-refractivity contribution in [1.82, 2.24) is 9.55 Å². The van der Waals surface area contributed by atoms with Gasteiger partial charge in [-0.1, -0.05) is 6.92 Å². The highest BCUT2D eigenvalue weighted by molar-refractivity contribution is 5.09. The first kappa shape index (κ1) is 14.9. The van der Waals surface area contributed by atoms with Crippen LogP contribution in [0.3, 0.4) is 0 Å². The Kier molecular flexibility index (Phi) is 3.59. The normalized spacial score (nSPS) is 37.2. The van der Waals surface area contributed by atoms with E-state index in [1.165, 1.54) is 13.1 Å². The molecule has 0 bridgehead atoms. The van der Waals surface area contributed by atoms with Gasteiger partial charge in [0.05, 0.1) is 6.61 Å². The van der Waals surface area contributed by atoms with Gasteiger partial charge in [-0.25, -0.2) is 4.79 Å². The average Bonchev–Trinajstić information content (AvgIpc) is 2.61. The summed E-state index contributed by atoms with van der Waals surface area (Å²) in [5.74, 6) is 0. The van der Waals surface area contributed by atoms with Crippen molar-refractivity contribution in [3.05, 3.63) is 33.1 Å². The molecule has 8 heteroatoms. The summed E-state index contributed by atoms with van der Waals surface area (Å²) < 4.78 is 6.53. The Balaban J connectivity index is 2.62. The zero-order chi connectivity index (χ0) is 15.1. The third-order valence-corrected chi connectivity index (χ3v) is 4.03. The van der Waals surface area contributed by atoms with E-state index in [-0.39, 0.29) is 6.42 Å². The summed E-state index contributed by atoms with van der Waals surface area (Å²) in [7, 11) is 0.